The van der Waals surface area contributed by atoms with Crippen LogP contribution in [-0.4, -0.2) is 39.6 Å². The first-order valence-electron chi connectivity index (χ1n) is 6.33. The molecule has 0 unspecified atom stereocenters. The molecule has 1 heterocycles. The number of hydrogen-bond donors (Lipinski definition) is 0. The molecule has 104 valence electrons. The number of hydrogen-bond acceptors (Lipinski definition) is 4. The summed E-state index contributed by atoms with van der Waals surface area (Å²) in [4.78, 5) is 13.4. The number of benzene rings is 1. The summed E-state index contributed by atoms with van der Waals surface area (Å²) in [5, 5.41) is 0. The van der Waals surface area contributed by atoms with E-state index in [1.165, 1.54) is 0 Å². The van der Waals surface area contributed by atoms with Crippen molar-refractivity contribution in [2.45, 2.75) is 19.1 Å². The summed E-state index contributed by atoms with van der Waals surface area (Å²) in [6.07, 6.45) is 1.20. The lowest BCUT2D eigenvalue weighted by molar-refractivity contribution is -0.121. The van der Waals surface area contributed by atoms with E-state index in [-0.39, 0.29) is 12.2 Å². The molecule has 0 radical (unpaired) electrons. The summed E-state index contributed by atoms with van der Waals surface area (Å²) in [5.41, 5.74) is 0.921. The molecule has 0 aromatic heterocycles. The second-order valence-corrected chi connectivity index (χ2v) is 4.35. The van der Waals surface area contributed by atoms with Crippen molar-refractivity contribution in [3.05, 3.63) is 24.3 Å². The topological polar surface area (TPSA) is 48.0 Å². The molecule has 0 bridgehead atoms. The lowest BCUT2D eigenvalue weighted by Gasteiger charge is -2.17. The minimum atomic E-state index is -0.375. The minimum Gasteiger partial charge on any atom is -0.488 e. The van der Waals surface area contributed by atoms with Gasteiger partial charge in [0.05, 0.1) is 0 Å². The molecule has 2 rings (SSSR count). The number of rotatable bonds is 6. The van der Waals surface area contributed by atoms with Gasteiger partial charge in [0, 0.05) is 32.9 Å². The predicted octanol–water partition coefficient (Wildman–Crippen LogP) is 1.81. The first-order valence-corrected chi connectivity index (χ1v) is 6.33. The second kappa shape index (κ2) is 6.54. The van der Waals surface area contributed by atoms with Crippen LogP contribution in [0.4, 0.5) is 5.69 Å². The van der Waals surface area contributed by atoms with Gasteiger partial charge in [-0.3, -0.25) is 4.79 Å². The molecule has 1 fully saturated rings. The molecular weight excluding hydrogens is 246 g/mol. The molecule has 0 atom stereocenters. The molecule has 1 aliphatic rings. The van der Waals surface area contributed by atoms with E-state index >= 15 is 0 Å². The maximum absolute atomic E-state index is 11.6. The van der Waals surface area contributed by atoms with Crippen LogP contribution in [0.15, 0.2) is 24.3 Å². The highest BCUT2D eigenvalue weighted by Crippen LogP contribution is 2.23. The molecule has 5 nitrogen and oxygen atoms in total. The Kier molecular flexibility index (Phi) is 4.76. The van der Waals surface area contributed by atoms with Crippen molar-refractivity contribution in [3.8, 4) is 5.75 Å². The largest absolute Gasteiger partial charge is 0.488 e. The van der Waals surface area contributed by atoms with Crippen molar-refractivity contribution >= 4 is 11.6 Å². The highest BCUT2D eigenvalue weighted by molar-refractivity contribution is 5.95. The Bertz CT molecular complexity index is 414. The van der Waals surface area contributed by atoms with Gasteiger partial charge in [-0.15, -0.1) is 0 Å². The summed E-state index contributed by atoms with van der Waals surface area (Å²) in [6, 6.07) is 7.49. The zero-order valence-corrected chi connectivity index (χ0v) is 11.3. The number of amides is 1. The third-order valence-corrected chi connectivity index (χ3v) is 3.13. The van der Waals surface area contributed by atoms with Crippen molar-refractivity contribution in [2.75, 3.05) is 32.3 Å². The van der Waals surface area contributed by atoms with Gasteiger partial charge in [0.25, 0.3) is 0 Å². The van der Waals surface area contributed by atoms with Crippen LogP contribution in [-0.2, 0) is 14.3 Å². The molecule has 0 aliphatic carbocycles. The molecule has 0 spiro atoms. The molecule has 19 heavy (non-hydrogen) atoms. The molecule has 1 aliphatic heterocycles. The van der Waals surface area contributed by atoms with Gasteiger partial charge in [0.2, 0.25) is 5.91 Å². The fourth-order valence-electron chi connectivity index (χ4n) is 2.04. The number of carbonyl (C=O) groups is 1. The Morgan fingerprint density at radius 1 is 1.21 bits per heavy atom. The van der Waals surface area contributed by atoms with Crippen LogP contribution in [0.3, 0.4) is 0 Å². The van der Waals surface area contributed by atoms with E-state index in [0.717, 1.165) is 24.4 Å². The Labute approximate surface area is 113 Å². The highest BCUT2D eigenvalue weighted by atomic mass is 16.7. The standard InChI is InChI=1S/C14H19NO4/c1-17-14(18-2)10-19-12-7-5-11(6-8-12)15-9-3-4-13(15)16/h5-8,14H,3-4,9-10H2,1-2H3. The van der Waals surface area contributed by atoms with Gasteiger partial charge in [0.1, 0.15) is 12.4 Å². The van der Waals surface area contributed by atoms with E-state index in [0.29, 0.717) is 13.0 Å². The van der Waals surface area contributed by atoms with Crippen molar-refractivity contribution < 1.29 is 19.0 Å². The molecule has 1 amide bonds. The van der Waals surface area contributed by atoms with E-state index in [2.05, 4.69) is 0 Å². The van der Waals surface area contributed by atoms with E-state index in [1.54, 1.807) is 19.1 Å². The van der Waals surface area contributed by atoms with Crippen molar-refractivity contribution in [1.82, 2.24) is 0 Å². The van der Waals surface area contributed by atoms with Gasteiger partial charge in [-0.1, -0.05) is 0 Å². The Morgan fingerprint density at radius 2 is 1.89 bits per heavy atom. The Morgan fingerprint density at radius 3 is 2.42 bits per heavy atom. The summed E-state index contributed by atoms with van der Waals surface area (Å²) >= 11 is 0. The van der Waals surface area contributed by atoms with Gasteiger partial charge in [-0.2, -0.15) is 0 Å². The van der Waals surface area contributed by atoms with Crippen LogP contribution >= 0.6 is 0 Å². The van der Waals surface area contributed by atoms with Gasteiger partial charge in [-0.05, 0) is 30.7 Å². The van der Waals surface area contributed by atoms with E-state index in [1.807, 2.05) is 24.3 Å². The highest BCUT2D eigenvalue weighted by Gasteiger charge is 2.21. The summed E-state index contributed by atoms with van der Waals surface area (Å²) in [5.74, 6) is 0.919. The average molecular weight is 265 g/mol. The van der Waals surface area contributed by atoms with E-state index in [9.17, 15) is 4.79 Å². The maximum atomic E-state index is 11.6. The van der Waals surface area contributed by atoms with Crippen molar-refractivity contribution in [3.63, 3.8) is 0 Å². The molecule has 0 N–H and O–H groups in total. The number of carbonyl (C=O) groups excluding carboxylic acids is 1. The average Bonchev–Trinajstić information content (AvgIpc) is 2.87. The van der Waals surface area contributed by atoms with Crippen LogP contribution in [0.5, 0.6) is 5.75 Å². The number of ether oxygens (including phenoxy) is 3. The first-order chi connectivity index (χ1) is 9.24. The summed E-state index contributed by atoms with van der Waals surface area (Å²) < 4.78 is 15.6. The number of anilines is 1. The third-order valence-electron chi connectivity index (χ3n) is 3.13. The zero-order chi connectivity index (χ0) is 13.7. The summed E-state index contributed by atoms with van der Waals surface area (Å²) in [6.45, 7) is 1.13. The van der Waals surface area contributed by atoms with Crippen molar-refractivity contribution in [1.29, 1.82) is 0 Å². The minimum absolute atomic E-state index is 0.187. The second-order valence-electron chi connectivity index (χ2n) is 4.35. The lowest BCUT2D eigenvalue weighted by Crippen LogP contribution is -2.23. The monoisotopic (exact) mass is 265 g/mol. The van der Waals surface area contributed by atoms with Crippen LogP contribution in [0.1, 0.15) is 12.8 Å². The molecular formula is C14H19NO4. The van der Waals surface area contributed by atoms with Crippen molar-refractivity contribution in [2.24, 2.45) is 0 Å². The van der Waals surface area contributed by atoms with Gasteiger partial charge >= 0.3 is 0 Å². The smallest absolute Gasteiger partial charge is 0.227 e. The summed E-state index contributed by atoms with van der Waals surface area (Å²) in [7, 11) is 3.14. The molecule has 1 aromatic rings. The fourth-order valence-corrected chi connectivity index (χ4v) is 2.04. The molecule has 5 heteroatoms. The zero-order valence-electron chi connectivity index (χ0n) is 11.3. The van der Waals surface area contributed by atoms with Crippen LogP contribution in [0, 0.1) is 0 Å². The quantitative estimate of drug-likeness (QED) is 0.736. The van der Waals surface area contributed by atoms with Crippen LogP contribution in [0.25, 0.3) is 0 Å². The third kappa shape index (κ3) is 3.45. The Balaban J connectivity index is 1.93. The molecule has 0 saturated carbocycles. The first kappa shape index (κ1) is 13.8. The fraction of sp³-hybridized carbons (Fsp3) is 0.500. The normalized spacial score (nSPS) is 15.3. The predicted molar refractivity (Wildman–Crippen MR) is 71.3 cm³/mol. The Hall–Kier alpha value is -1.59. The van der Waals surface area contributed by atoms with Crippen LogP contribution in [0.2, 0.25) is 0 Å². The van der Waals surface area contributed by atoms with Gasteiger partial charge < -0.3 is 19.1 Å². The SMILES string of the molecule is COC(COc1ccc(N2CCCC2=O)cc1)OC. The lowest BCUT2D eigenvalue weighted by atomic mass is 10.3. The maximum Gasteiger partial charge on any atom is 0.227 e. The van der Waals surface area contributed by atoms with E-state index in [4.69, 9.17) is 14.2 Å². The molecule has 1 saturated heterocycles. The number of methoxy groups -OCH3 is 2. The van der Waals surface area contributed by atoms with Crippen LogP contribution < -0.4 is 9.64 Å². The van der Waals surface area contributed by atoms with E-state index < -0.39 is 0 Å². The number of nitrogens with zero attached hydrogens (tertiary/aromatic N) is 1. The van der Waals surface area contributed by atoms with Gasteiger partial charge in [0.15, 0.2) is 6.29 Å². The molecule has 1 aromatic carbocycles. The van der Waals surface area contributed by atoms with Gasteiger partial charge in [-0.25, -0.2) is 0 Å².